The van der Waals surface area contributed by atoms with Crippen LogP contribution in [-0.2, 0) is 16.6 Å². The number of thiazole rings is 1. The number of aromatic nitrogens is 1. The average molecular weight is 378 g/mol. The Morgan fingerprint density at radius 1 is 1.20 bits per heavy atom. The van der Waals surface area contributed by atoms with E-state index in [0.29, 0.717) is 16.5 Å². The first-order valence-corrected chi connectivity index (χ1v) is 9.72. The van der Waals surface area contributed by atoms with Gasteiger partial charge in [0.15, 0.2) is 0 Å². The van der Waals surface area contributed by atoms with E-state index in [0.717, 1.165) is 11.6 Å². The molecule has 0 radical (unpaired) electrons. The third-order valence-corrected chi connectivity index (χ3v) is 5.64. The quantitative estimate of drug-likeness (QED) is 0.707. The van der Waals surface area contributed by atoms with Crippen molar-refractivity contribution in [3.05, 3.63) is 71.0 Å². The fourth-order valence-electron chi connectivity index (χ4n) is 2.21. The van der Waals surface area contributed by atoms with Crippen LogP contribution in [0.2, 0.25) is 0 Å². The predicted molar refractivity (Wildman–Crippen MR) is 93.8 cm³/mol. The molecule has 0 aliphatic heterocycles. The Morgan fingerprint density at radius 2 is 1.96 bits per heavy atom. The maximum absolute atomic E-state index is 13.1. The van der Waals surface area contributed by atoms with Crippen LogP contribution in [0.15, 0.2) is 58.9 Å². The highest BCUT2D eigenvalue weighted by Crippen LogP contribution is 2.23. The molecule has 2 aromatic carbocycles. The summed E-state index contributed by atoms with van der Waals surface area (Å²) in [6, 6.07) is 10.6. The van der Waals surface area contributed by atoms with Gasteiger partial charge in [-0.15, -0.1) is 0 Å². The second kappa shape index (κ2) is 7.30. The highest BCUT2D eigenvalue weighted by molar-refractivity contribution is 7.89. The van der Waals surface area contributed by atoms with Crippen LogP contribution in [-0.4, -0.2) is 13.4 Å². The van der Waals surface area contributed by atoms with Gasteiger partial charge in [0.2, 0.25) is 10.0 Å². The number of hydrogen-bond donors (Lipinski definition) is 1. The normalized spacial score (nSPS) is 11.4. The fourth-order valence-corrected chi connectivity index (χ4v) is 3.95. The van der Waals surface area contributed by atoms with Crippen molar-refractivity contribution >= 4 is 21.4 Å². The van der Waals surface area contributed by atoms with Crippen molar-refractivity contribution in [1.29, 1.82) is 0 Å². The number of nitrogens with zero attached hydrogens (tertiary/aromatic N) is 1. The number of ether oxygens (including phenoxy) is 1. The Morgan fingerprint density at radius 3 is 2.60 bits per heavy atom. The molecule has 1 aromatic heterocycles. The first-order chi connectivity index (χ1) is 11.9. The molecule has 0 saturated carbocycles. The third kappa shape index (κ3) is 4.41. The average Bonchev–Trinajstić information content (AvgIpc) is 3.07. The van der Waals surface area contributed by atoms with Crippen LogP contribution in [0.25, 0.3) is 0 Å². The molecule has 0 atom stereocenters. The number of nitrogens with one attached hydrogen (secondary N) is 1. The van der Waals surface area contributed by atoms with Crippen LogP contribution in [0.5, 0.6) is 10.9 Å². The molecule has 1 heterocycles. The van der Waals surface area contributed by atoms with Crippen molar-refractivity contribution in [2.24, 2.45) is 0 Å². The van der Waals surface area contributed by atoms with Crippen molar-refractivity contribution in [2.45, 2.75) is 18.4 Å². The van der Waals surface area contributed by atoms with E-state index in [1.54, 1.807) is 37.4 Å². The Labute approximate surface area is 149 Å². The van der Waals surface area contributed by atoms with Crippen molar-refractivity contribution in [3.8, 4) is 10.9 Å². The smallest absolute Gasteiger partial charge is 0.278 e. The lowest BCUT2D eigenvalue weighted by atomic mass is 10.2. The van der Waals surface area contributed by atoms with E-state index in [9.17, 15) is 12.8 Å². The lowest BCUT2D eigenvalue weighted by Gasteiger charge is -2.10. The van der Waals surface area contributed by atoms with Gasteiger partial charge in [-0.1, -0.05) is 23.5 Å². The summed E-state index contributed by atoms with van der Waals surface area (Å²) in [5.74, 6) is 0.156. The summed E-state index contributed by atoms with van der Waals surface area (Å²) in [7, 11) is -3.71. The van der Waals surface area contributed by atoms with Crippen molar-refractivity contribution < 1.29 is 17.5 Å². The van der Waals surface area contributed by atoms with Crippen LogP contribution < -0.4 is 9.46 Å². The molecule has 130 valence electrons. The van der Waals surface area contributed by atoms with Gasteiger partial charge < -0.3 is 4.74 Å². The maximum Gasteiger partial charge on any atom is 0.278 e. The number of halogens is 1. The standard InChI is InChI=1S/C17H15FN2O3S2/c1-12-10-14(18)4-7-16(12)25(21,22)20-11-13-2-5-15(6-3-13)23-17-19-8-9-24-17/h2-10,20H,11H2,1H3. The molecule has 0 spiro atoms. The van der Waals surface area contributed by atoms with Crippen LogP contribution >= 0.6 is 11.3 Å². The zero-order valence-corrected chi connectivity index (χ0v) is 14.9. The summed E-state index contributed by atoms with van der Waals surface area (Å²) in [6.07, 6.45) is 1.65. The molecule has 3 rings (SSSR count). The summed E-state index contributed by atoms with van der Waals surface area (Å²) in [5, 5.41) is 2.36. The van der Waals surface area contributed by atoms with E-state index in [1.807, 2.05) is 5.38 Å². The van der Waals surface area contributed by atoms with Gasteiger partial charge in [-0.2, -0.15) is 0 Å². The number of hydrogen-bond acceptors (Lipinski definition) is 5. The third-order valence-electron chi connectivity index (χ3n) is 3.43. The molecule has 0 saturated heterocycles. The largest absolute Gasteiger partial charge is 0.431 e. The highest BCUT2D eigenvalue weighted by Gasteiger charge is 2.16. The zero-order valence-electron chi connectivity index (χ0n) is 13.3. The monoisotopic (exact) mass is 378 g/mol. The molecule has 0 aliphatic carbocycles. The Kier molecular flexibility index (Phi) is 5.12. The van der Waals surface area contributed by atoms with E-state index in [2.05, 4.69) is 9.71 Å². The van der Waals surface area contributed by atoms with E-state index >= 15 is 0 Å². The Bertz CT molecular complexity index is 956. The minimum atomic E-state index is -3.71. The minimum Gasteiger partial charge on any atom is -0.431 e. The maximum atomic E-state index is 13.1. The molecule has 3 aromatic rings. The summed E-state index contributed by atoms with van der Waals surface area (Å²) in [4.78, 5) is 4.10. The molecular weight excluding hydrogens is 363 g/mol. The lowest BCUT2D eigenvalue weighted by molar-refractivity contribution is 0.478. The van der Waals surface area contributed by atoms with Gasteiger partial charge in [0, 0.05) is 18.1 Å². The molecule has 1 N–H and O–H groups in total. The van der Waals surface area contributed by atoms with Crippen LogP contribution in [0.1, 0.15) is 11.1 Å². The number of sulfonamides is 1. The van der Waals surface area contributed by atoms with Gasteiger partial charge in [-0.3, -0.25) is 0 Å². The van der Waals surface area contributed by atoms with Crippen LogP contribution in [0.3, 0.4) is 0 Å². The van der Waals surface area contributed by atoms with E-state index in [-0.39, 0.29) is 11.4 Å². The van der Waals surface area contributed by atoms with Crippen LogP contribution in [0.4, 0.5) is 4.39 Å². The van der Waals surface area contributed by atoms with Crippen molar-refractivity contribution in [1.82, 2.24) is 9.71 Å². The van der Waals surface area contributed by atoms with Crippen LogP contribution in [0, 0.1) is 12.7 Å². The van der Waals surface area contributed by atoms with Gasteiger partial charge in [0.25, 0.3) is 5.19 Å². The first-order valence-electron chi connectivity index (χ1n) is 7.36. The molecule has 25 heavy (non-hydrogen) atoms. The fraction of sp³-hybridized carbons (Fsp3) is 0.118. The minimum absolute atomic E-state index is 0.0672. The van der Waals surface area contributed by atoms with E-state index in [4.69, 9.17) is 4.74 Å². The van der Waals surface area contributed by atoms with Gasteiger partial charge in [-0.25, -0.2) is 22.5 Å². The Balaban J connectivity index is 1.66. The number of aryl methyl sites for hydroxylation is 1. The van der Waals surface area contributed by atoms with E-state index in [1.165, 1.54) is 23.5 Å². The first kappa shape index (κ1) is 17.5. The van der Waals surface area contributed by atoms with E-state index < -0.39 is 15.8 Å². The van der Waals surface area contributed by atoms with Gasteiger partial charge in [-0.05, 0) is 48.4 Å². The summed E-state index contributed by atoms with van der Waals surface area (Å²) in [5.41, 5.74) is 1.13. The lowest BCUT2D eigenvalue weighted by Crippen LogP contribution is -2.24. The predicted octanol–water partition coefficient (Wildman–Crippen LogP) is 3.86. The van der Waals surface area contributed by atoms with Crippen molar-refractivity contribution in [2.75, 3.05) is 0 Å². The summed E-state index contributed by atoms with van der Waals surface area (Å²) in [6.45, 7) is 1.68. The molecule has 0 amide bonds. The van der Waals surface area contributed by atoms with Gasteiger partial charge in [0.1, 0.15) is 11.6 Å². The molecule has 0 aliphatic rings. The summed E-state index contributed by atoms with van der Waals surface area (Å²) >= 11 is 1.38. The van der Waals surface area contributed by atoms with Crippen molar-refractivity contribution in [3.63, 3.8) is 0 Å². The number of benzene rings is 2. The second-order valence-corrected chi connectivity index (χ2v) is 7.87. The van der Waals surface area contributed by atoms with Gasteiger partial charge >= 0.3 is 0 Å². The second-order valence-electron chi connectivity index (χ2n) is 5.28. The molecule has 0 fully saturated rings. The molecule has 5 nitrogen and oxygen atoms in total. The topological polar surface area (TPSA) is 68.3 Å². The molecular formula is C17H15FN2O3S2. The summed E-state index contributed by atoms with van der Waals surface area (Å²) < 4.78 is 45.9. The number of rotatable bonds is 6. The SMILES string of the molecule is Cc1cc(F)ccc1S(=O)(=O)NCc1ccc(Oc2nccs2)cc1. The molecule has 0 bridgehead atoms. The molecule has 0 unspecified atom stereocenters. The molecule has 8 heteroatoms. The Hall–Kier alpha value is -2.29. The zero-order chi connectivity index (χ0) is 17.9. The van der Waals surface area contributed by atoms with Gasteiger partial charge in [0.05, 0.1) is 4.90 Å². The highest BCUT2D eigenvalue weighted by atomic mass is 32.2.